The van der Waals surface area contributed by atoms with Crippen molar-refractivity contribution in [2.24, 2.45) is 0 Å². The smallest absolute Gasteiger partial charge is 0.331 e. The summed E-state index contributed by atoms with van der Waals surface area (Å²) < 4.78 is 0. The number of fused-ring (bicyclic) bond motifs is 1. The van der Waals surface area contributed by atoms with Gasteiger partial charge >= 0.3 is 5.97 Å². The summed E-state index contributed by atoms with van der Waals surface area (Å²) >= 11 is 12.1. The molecule has 2 N–H and O–H groups in total. The summed E-state index contributed by atoms with van der Waals surface area (Å²) in [6, 6.07) is 5.38. The quantitative estimate of drug-likeness (QED) is 0.811. The molecule has 0 amide bonds. The minimum absolute atomic E-state index is 0.216. The van der Waals surface area contributed by atoms with Crippen LogP contribution < -0.4 is 0 Å². The number of benzene rings is 1. The monoisotopic (exact) mass is 269 g/mol. The Hall–Kier alpha value is -1.45. The molecule has 1 heterocycles. The van der Waals surface area contributed by atoms with E-state index in [4.69, 9.17) is 28.3 Å². The lowest BCUT2D eigenvalue weighted by Crippen LogP contribution is -1.95. The maximum atomic E-state index is 10.8. The van der Waals surface area contributed by atoms with Crippen LogP contribution >= 0.6 is 23.2 Å². The molecule has 0 aliphatic heterocycles. The molecule has 2 rings (SSSR count). The standard InChI is InChI=1S/C12H9Cl2NO2/c1-6(12(16)17)5-8-7-3-2-4-9(13)10(7)15-11(8)14/h2-5,15H,1H3,(H,16,17)/b6-5+. The molecule has 0 saturated heterocycles. The second-order valence-corrected chi connectivity index (χ2v) is 4.43. The number of aliphatic carboxylic acids is 1. The summed E-state index contributed by atoms with van der Waals surface area (Å²) in [6.07, 6.45) is 1.53. The van der Waals surface area contributed by atoms with E-state index in [0.29, 0.717) is 21.3 Å². The van der Waals surface area contributed by atoms with E-state index in [0.717, 1.165) is 5.39 Å². The first kappa shape index (κ1) is 12.0. The van der Waals surface area contributed by atoms with Crippen LogP contribution in [0.3, 0.4) is 0 Å². The number of halogens is 2. The summed E-state index contributed by atoms with van der Waals surface area (Å²) in [5, 5.41) is 10.6. The largest absolute Gasteiger partial charge is 0.478 e. The van der Waals surface area contributed by atoms with Crippen molar-refractivity contribution in [2.75, 3.05) is 0 Å². The summed E-state index contributed by atoms with van der Waals surface area (Å²) in [5.41, 5.74) is 1.57. The fourth-order valence-corrected chi connectivity index (χ4v) is 2.06. The van der Waals surface area contributed by atoms with Crippen LogP contribution in [0.5, 0.6) is 0 Å². The van der Waals surface area contributed by atoms with E-state index < -0.39 is 5.97 Å². The second kappa shape index (κ2) is 4.43. The first-order valence-corrected chi connectivity index (χ1v) is 5.63. The van der Waals surface area contributed by atoms with Crippen molar-refractivity contribution in [3.63, 3.8) is 0 Å². The van der Waals surface area contributed by atoms with E-state index in [1.165, 1.54) is 13.0 Å². The minimum atomic E-state index is -0.975. The Morgan fingerprint density at radius 1 is 1.41 bits per heavy atom. The number of aromatic nitrogens is 1. The van der Waals surface area contributed by atoms with Crippen LogP contribution in [-0.2, 0) is 4.79 Å². The average Bonchev–Trinajstić information content (AvgIpc) is 2.58. The molecule has 17 heavy (non-hydrogen) atoms. The molecule has 1 aromatic carbocycles. The number of hydrogen-bond donors (Lipinski definition) is 2. The maximum absolute atomic E-state index is 10.8. The molecule has 1 aromatic heterocycles. The number of H-pyrrole nitrogens is 1. The molecule has 0 spiro atoms. The van der Waals surface area contributed by atoms with Crippen LogP contribution in [0.4, 0.5) is 0 Å². The Kier molecular flexibility index (Phi) is 3.13. The molecule has 0 fully saturated rings. The van der Waals surface area contributed by atoms with E-state index in [1.807, 2.05) is 6.07 Å². The van der Waals surface area contributed by atoms with Crippen molar-refractivity contribution in [1.82, 2.24) is 4.98 Å². The molecular weight excluding hydrogens is 261 g/mol. The first-order chi connectivity index (χ1) is 8.00. The molecular formula is C12H9Cl2NO2. The zero-order chi connectivity index (χ0) is 12.6. The van der Waals surface area contributed by atoms with Crippen LogP contribution in [0.15, 0.2) is 23.8 Å². The third-order valence-corrected chi connectivity index (χ3v) is 3.09. The van der Waals surface area contributed by atoms with Crippen LogP contribution in [0, 0.1) is 0 Å². The van der Waals surface area contributed by atoms with Crippen molar-refractivity contribution < 1.29 is 9.90 Å². The van der Waals surface area contributed by atoms with Crippen molar-refractivity contribution in [1.29, 1.82) is 0 Å². The summed E-state index contributed by atoms with van der Waals surface area (Å²) in [7, 11) is 0. The van der Waals surface area contributed by atoms with E-state index in [1.54, 1.807) is 12.1 Å². The highest BCUT2D eigenvalue weighted by molar-refractivity contribution is 6.37. The number of nitrogens with one attached hydrogen (secondary N) is 1. The predicted octanol–water partition coefficient (Wildman–Crippen LogP) is 3.96. The Bertz CT molecular complexity index is 629. The van der Waals surface area contributed by atoms with Gasteiger partial charge in [-0.3, -0.25) is 0 Å². The molecule has 0 unspecified atom stereocenters. The Labute approximate surface area is 108 Å². The SMILES string of the molecule is C/C(=C\c1c(Cl)[nH]c2c(Cl)cccc12)C(=O)O. The second-order valence-electron chi connectivity index (χ2n) is 3.65. The number of aromatic amines is 1. The lowest BCUT2D eigenvalue weighted by Gasteiger charge is -1.96. The van der Waals surface area contributed by atoms with Crippen molar-refractivity contribution in [3.8, 4) is 0 Å². The zero-order valence-electron chi connectivity index (χ0n) is 8.92. The highest BCUT2D eigenvalue weighted by Gasteiger charge is 2.11. The van der Waals surface area contributed by atoms with E-state index in [9.17, 15) is 4.79 Å². The number of carboxylic acids is 1. The summed E-state index contributed by atoms with van der Waals surface area (Å²) in [6.45, 7) is 1.52. The number of rotatable bonds is 2. The third kappa shape index (κ3) is 2.16. The van der Waals surface area contributed by atoms with Gasteiger partial charge in [-0.1, -0.05) is 35.3 Å². The molecule has 0 atom stereocenters. The Balaban J connectivity index is 2.70. The molecule has 0 saturated carbocycles. The lowest BCUT2D eigenvalue weighted by molar-refractivity contribution is -0.132. The topological polar surface area (TPSA) is 53.1 Å². The molecule has 0 aliphatic rings. The van der Waals surface area contributed by atoms with Crippen molar-refractivity contribution in [2.45, 2.75) is 6.92 Å². The molecule has 0 radical (unpaired) electrons. The van der Waals surface area contributed by atoms with Crippen molar-refractivity contribution >= 4 is 46.2 Å². The van der Waals surface area contributed by atoms with Crippen LogP contribution in [0.2, 0.25) is 10.2 Å². The minimum Gasteiger partial charge on any atom is -0.478 e. The zero-order valence-corrected chi connectivity index (χ0v) is 10.4. The highest BCUT2D eigenvalue weighted by atomic mass is 35.5. The van der Waals surface area contributed by atoms with E-state index in [2.05, 4.69) is 4.98 Å². The third-order valence-electron chi connectivity index (χ3n) is 2.47. The fraction of sp³-hybridized carbons (Fsp3) is 0.0833. The number of hydrogen-bond acceptors (Lipinski definition) is 1. The first-order valence-electron chi connectivity index (χ1n) is 4.88. The van der Waals surface area contributed by atoms with Gasteiger partial charge in [0.05, 0.1) is 10.5 Å². The van der Waals surface area contributed by atoms with Gasteiger partial charge < -0.3 is 10.1 Å². The predicted molar refractivity (Wildman–Crippen MR) is 69.6 cm³/mol. The maximum Gasteiger partial charge on any atom is 0.331 e. The molecule has 0 aliphatic carbocycles. The normalized spacial score (nSPS) is 12.1. The lowest BCUT2D eigenvalue weighted by atomic mass is 10.1. The number of carboxylic acid groups (broad SMARTS) is 1. The molecule has 88 valence electrons. The van der Waals surface area contributed by atoms with Crippen LogP contribution in [0.1, 0.15) is 12.5 Å². The van der Waals surface area contributed by atoms with Crippen LogP contribution in [0.25, 0.3) is 17.0 Å². The Morgan fingerprint density at radius 3 is 2.76 bits per heavy atom. The van der Waals surface area contributed by atoms with Gasteiger partial charge in [-0.25, -0.2) is 4.79 Å². The summed E-state index contributed by atoms with van der Waals surface area (Å²) in [4.78, 5) is 13.7. The van der Waals surface area contributed by atoms with Crippen molar-refractivity contribution in [3.05, 3.63) is 39.5 Å². The number of carbonyl (C=O) groups is 1. The van der Waals surface area contributed by atoms with Gasteiger partial charge in [0.15, 0.2) is 0 Å². The molecule has 3 nitrogen and oxygen atoms in total. The van der Waals surface area contributed by atoms with Gasteiger partial charge in [0.1, 0.15) is 5.15 Å². The van der Waals surface area contributed by atoms with Gasteiger partial charge in [0.2, 0.25) is 0 Å². The van der Waals surface area contributed by atoms with Gasteiger partial charge in [0, 0.05) is 16.5 Å². The number of para-hydroxylation sites is 1. The molecule has 5 heteroatoms. The van der Waals surface area contributed by atoms with Crippen LogP contribution in [-0.4, -0.2) is 16.1 Å². The molecule has 2 aromatic rings. The summed E-state index contributed by atoms with van der Waals surface area (Å²) in [5.74, 6) is -0.975. The van der Waals surface area contributed by atoms with Gasteiger partial charge in [-0.2, -0.15) is 0 Å². The fourth-order valence-electron chi connectivity index (χ4n) is 1.59. The van der Waals surface area contributed by atoms with Gasteiger partial charge in [0.25, 0.3) is 0 Å². The van der Waals surface area contributed by atoms with E-state index in [-0.39, 0.29) is 5.57 Å². The Morgan fingerprint density at radius 2 is 2.12 bits per heavy atom. The van der Waals surface area contributed by atoms with Gasteiger partial charge in [-0.05, 0) is 19.1 Å². The highest BCUT2D eigenvalue weighted by Crippen LogP contribution is 2.32. The van der Waals surface area contributed by atoms with Gasteiger partial charge in [-0.15, -0.1) is 0 Å². The molecule has 0 bridgehead atoms. The average molecular weight is 270 g/mol. The van der Waals surface area contributed by atoms with E-state index >= 15 is 0 Å².